The molecule has 0 radical (unpaired) electrons. The minimum absolute atomic E-state index is 0.176. The van der Waals surface area contributed by atoms with Crippen LogP contribution in [0.5, 0.6) is 0 Å². The lowest BCUT2D eigenvalue weighted by atomic mass is 10.0. The second-order valence-corrected chi connectivity index (χ2v) is 6.21. The van der Waals surface area contributed by atoms with Gasteiger partial charge in [-0.25, -0.2) is 4.79 Å². The van der Waals surface area contributed by atoms with Gasteiger partial charge in [0.15, 0.2) is 0 Å². The number of alkyl halides is 3. The Morgan fingerprint density at radius 1 is 1.15 bits per heavy atom. The predicted molar refractivity (Wildman–Crippen MR) is 84.3 cm³/mol. The van der Waals surface area contributed by atoms with Crippen LogP contribution in [0.2, 0.25) is 0 Å². The van der Waals surface area contributed by atoms with E-state index in [2.05, 4.69) is 0 Å². The molecule has 1 aromatic carbocycles. The molecule has 2 aliphatic rings. The molecule has 0 aliphatic carbocycles. The first-order valence-corrected chi connectivity index (χ1v) is 8.21. The van der Waals surface area contributed by atoms with Gasteiger partial charge in [0.05, 0.1) is 6.04 Å². The molecule has 4 amide bonds. The normalized spacial score (nSPS) is 22.0. The van der Waals surface area contributed by atoms with Crippen molar-refractivity contribution < 1.29 is 32.4 Å². The van der Waals surface area contributed by atoms with Crippen LogP contribution < -0.4 is 10.9 Å². The van der Waals surface area contributed by atoms with Gasteiger partial charge in [-0.3, -0.25) is 25.3 Å². The molecule has 2 bridgehead atoms. The predicted octanol–water partition coefficient (Wildman–Crippen LogP) is 1.10. The highest BCUT2D eigenvalue weighted by molar-refractivity contribution is 5.90. The first kappa shape index (κ1) is 19.0. The fourth-order valence-corrected chi connectivity index (χ4v) is 3.06. The van der Waals surface area contributed by atoms with Crippen LogP contribution in [0.4, 0.5) is 18.0 Å². The van der Waals surface area contributed by atoms with Crippen LogP contribution in [0, 0.1) is 0 Å². The summed E-state index contributed by atoms with van der Waals surface area (Å²) < 4.78 is 36.5. The number of benzene rings is 1. The minimum atomic E-state index is -5.11. The smallest absolute Gasteiger partial charge is 0.309 e. The molecule has 8 nitrogen and oxygen atoms in total. The van der Waals surface area contributed by atoms with Crippen molar-refractivity contribution in [1.29, 1.82) is 0 Å². The van der Waals surface area contributed by atoms with Gasteiger partial charge in [0.1, 0.15) is 12.6 Å². The summed E-state index contributed by atoms with van der Waals surface area (Å²) in [6.45, 7) is 0.397. The minimum Gasteiger partial charge on any atom is -0.309 e. The second-order valence-electron chi connectivity index (χ2n) is 6.21. The lowest BCUT2D eigenvalue weighted by Gasteiger charge is -2.29. The Morgan fingerprint density at radius 2 is 1.85 bits per heavy atom. The quantitative estimate of drug-likeness (QED) is 0.759. The van der Waals surface area contributed by atoms with Crippen LogP contribution in [0.3, 0.4) is 0 Å². The lowest BCUT2D eigenvalue weighted by molar-refractivity contribution is -0.175. The molecule has 2 fully saturated rings. The molecular formula is C16H17F3N4O4. The number of piperidine rings is 1. The van der Waals surface area contributed by atoms with Crippen LogP contribution in [-0.2, 0) is 21.0 Å². The Hall–Kier alpha value is -2.82. The first-order valence-electron chi connectivity index (χ1n) is 8.21. The summed E-state index contributed by atoms with van der Waals surface area (Å²) >= 11 is 0. The number of urea groups is 1. The van der Waals surface area contributed by atoms with Gasteiger partial charge in [-0.05, 0) is 18.4 Å². The van der Waals surface area contributed by atoms with E-state index in [0.717, 1.165) is 5.56 Å². The molecule has 11 heteroatoms. The van der Waals surface area contributed by atoms with Crippen molar-refractivity contribution in [1.82, 2.24) is 20.8 Å². The highest BCUT2D eigenvalue weighted by atomic mass is 19.4. The second kappa shape index (κ2) is 7.43. The molecule has 27 heavy (non-hydrogen) atoms. The zero-order valence-corrected chi connectivity index (χ0v) is 14.0. The van der Waals surface area contributed by atoms with E-state index in [9.17, 15) is 27.6 Å². The van der Waals surface area contributed by atoms with Gasteiger partial charge in [0.2, 0.25) is 0 Å². The molecule has 0 saturated carbocycles. The molecule has 3 rings (SSSR count). The molecule has 2 heterocycles. The van der Waals surface area contributed by atoms with Gasteiger partial charge >= 0.3 is 18.1 Å². The highest BCUT2D eigenvalue weighted by Gasteiger charge is 2.48. The largest absolute Gasteiger partial charge is 0.472 e. The Labute approximate surface area is 152 Å². The lowest BCUT2D eigenvalue weighted by Crippen LogP contribution is -2.56. The van der Waals surface area contributed by atoms with Gasteiger partial charge in [0, 0.05) is 6.54 Å². The maximum Gasteiger partial charge on any atom is 0.472 e. The third-order valence-corrected chi connectivity index (χ3v) is 4.40. The van der Waals surface area contributed by atoms with Crippen molar-refractivity contribution in [2.45, 2.75) is 37.7 Å². The van der Waals surface area contributed by atoms with Crippen LogP contribution in [0.25, 0.3) is 0 Å². The van der Waals surface area contributed by atoms with Crippen LogP contribution in [0.15, 0.2) is 30.3 Å². The summed E-state index contributed by atoms with van der Waals surface area (Å²) in [5, 5.41) is 1.20. The third kappa shape index (κ3) is 4.13. The van der Waals surface area contributed by atoms with Crippen molar-refractivity contribution in [3.8, 4) is 0 Å². The number of hydroxylamine groups is 2. The number of halogens is 3. The maximum absolute atomic E-state index is 12.5. The molecule has 2 saturated heterocycles. The fraction of sp³-hybridized carbons (Fsp3) is 0.438. The van der Waals surface area contributed by atoms with Gasteiger partial charge in [0.25, 0.3) is 5.91 Å². The number of carbonyl (C=O) groups excluding carboxylic acids is 3. The van der Waals surface area contributed by atoms with E-state index >= 15 is 0 Å². The summed E-state index contributed by atoms with van der Waals surface area (Å²) in [7, 11) is 0. The van der Waals surface area contributed by atoms with E-state index in [0.29, 0.717) is 6.42 Å². The number of nitrogens with zero attached hydrogens (tertiary/aromatic N) is 2. The number of hydrogen-bond acceptors (Lipinski definition) is 4. The third-order valence-electron chi connectivity index (χ3n) is 4.40. The van der Waals surface area contributed by atoms with E-state index in [1.807, 2.05) is 30.3 Å². The van der Waals surface area contributed by atoms with Gasteiger partial charge in [-0.2, -0.15) is 18.2 Å². The Balaban J connectivity index is 1.57. The van der Waals surface area contributed by atoms with E-state index < -0.39 is 30.1 Å². The molecule has 146 valence electrons. The molecule has 2 atom stereocenters. The van der Waals surface area contributed by atoms with Gasteiger partial charge in [-0.1, -0.05) is 30.3 Å². The summed E-state index contributed by atoms with van der Waals surface area (Å²) in [5.41, 5.74) is 3.89. The van der Waals surface area contributed by atoms with Gasteiger partial charge < -0.3 is 4.90 Å². The molecule has 0 spiro atoms. The average molecular weight is 386 g/mol. The molecule has 2 N–H and O–H groups in total. The zero-order valence-electron chi connectivity index (χ0n) is 14.0. The van der Waals surface area contributed by atoms with Crippen molar-refractivity contribution in [2.24, 2.45) is 0 Å². The number of rotatable bonds is 4. The topological polar surface area (TPSA) is 91.0 Å². The molecular weight excluding hydrogens is 369 g/mol. The summed E-state index contributed by atoms with van der Waals surface area (Å²) in [6.07, 6.45) is -4.42. The first-order chi connectivity index (χ1) is 12.8. The van der Waals surface area contributed by atoms with Crippen molar-refractivity contribution >= 4 is 17.8 Å². The molecule has 2 unspecified atom stereocenters. The molecule has 0 aromatic heterocycles. The number of hydrazine groups is 1. The number of fused-ring (bicyclic) bond motifs is 2. The summed E-state index contributed by atoms with van der Waals surface area (Å²) in [6, 6.07) is 7.45. The van der Waals surface area contributed by atoms with Crippen molar-refractivity contribution in [2.75, 3.05) is 6.54 Å². The molecule has 2 aliphatic heterocycles. The summed E-state index contributed by atoms with van der Waals surface area (Å²) in [4.78, 5) is 42.2. The summed E-state index contributed by atoms with van der Waals surface area (Å²) in [5.74, 6) is -3.17. The number of carbonyl (C=O) groups is 3. The van der Waals surface area contributed by atoms with Crippen LogP contribution in [0.1, 0.15) is 18.4 Å². The van der Waals surface area contributed by atoms with Crippen molar-refractivity contribution in [3.63, 3.8) is 0 Å². The van der Waals surface area contributed by atoms with E-state index in [-0.39, 0.29) is 25.6 Å². The van der Waals surface area contributed by atoms with Gasteiger partial charge in [-0.15, -0.1) is 0 Å². The zero-order chi connectivity index (χ0) is 19.6. The molecule has 1 aromatic rings. The monoisotopic (exact) mass is 386 g/mol. The number of hydrogen-bond donors (Lipinski definition) is 2. The Bertz CT molecular complexity index is 728. The van der Waals surface area contributed by atoms with Crippen LogP contribution in [-0.4, -0.2) is 52.6 Å². The van der Waals surface area contributed by atoms with Crippen molar-refractivity contribution in [3.05, 3.63) is 35.9 Å². The van der Waals surface area contributed by atoms with E-state index in [4.69, 9.17) is 4.84 Å². The van der Waals surface area contributed by atoms with E-state index in [1.165, 1.54) is 15.4 Å². The van der Waals surface area contributed by atoms with E-state index in [1.54, 1.807) is 5.43 Å². The Kier molecular flexibility index (Phi) is 5.22. The maximum atomic E-state index is 12.5. The average Bonchev–Trinajstić information content (AvgIpc) is 2.88. The SMILES string of the molecule is O=C(NNC(=O)C(F)(F)F)C1CCC2CN1C(=O)N2OCc1ccccc1. The standard InChI is InChI=1S/C16H17F3N4O4/c17-16(18,19)14(25)21-20-13(24)12-7-6-11-8-22(12)15(26)23(11)27-9-10-4-2-1-3-5-10/h1-5,11-12H,6-9H2,(H,20,24)(H,21,25). The fourth-order valence-electron chi connectivity index (χ4n) is 3.06. The number of nitrogens with one attached hydrogen (secondary N) is 2. The Morgan fingerprint density at radius 3 is 2.52 bits per heavy atom. The number of amides is 4. The van der Waals surface area contributed by atoms with Crippen LogP contribution >= 0.6 is 0 Å². The highest BCUT2D eigenvalue weighted by Crippen LogP contribution is 2.30.